The van der Waals surface area contributed by atoms with Crippen LogP contribution in [0.15, 0.2) is 133 Å². The number of benzene rings is 6. The second-order valence-electron chi connectivity index (χ2n) is 14.8. The Morgan fingerprint density at radius 3 is 1.11 bits per heavy atom. The molecule has 2 heterocycles. The summed E-state index contributed by atoms with van der Waals surface area (Å²) >= 11 is 0. The van der Waals surface area contributed by atoms with Crippen molar-refractivity contribution in [2.45, 2.75) is 19.3 Å². The fourth-order valence-corrected chi connectivity index (χ4v) is 9.50. The zero-order valence-corrected chi connectivity index (χ0v) is 38.0. The molecule has 19 heteroatoms. The largest absolute Gasteiger partial charge is 0.494 e. The van der Waals surface area contributed by atoms with Crippen LogP contribution >= 0.6 is 0 Å². The predicted molar refractivity (Wildman–Crippen MR) is 261 cm³/mol. The number of aromatic nitrogens is 2. The Kier molecular flexibility index (Phi) is 15.0. The molecule has 2 aromatic heterocycles. The highest BCUT2D eigenvalue weighted by molar-refractivity contribution is 7.93. The lowest BCUT2D eigenvalue weighted by Crippen LogP contribution is -2.18. The van der Waals surface area contributed by atoms with E-state index in [-0.39, 0.29) is 29.8 Å². The molecule has 7 N–H and O–H groups in total. The highest BCUT2D eigenvalue weighted by Crippen LogP contribution is 2.39. The van der Waals surface area contributed by atoms with Gasteiger partial charge in [-0.25, -0.2) is 26.8 Å². The summed E-state index contributed by atoms with van der Waals surface area (Å²) in [5.41, 5.74) is 7.12. The van der Waals surface area contributed by atoms with Crippen LogP contribution in [0.4, 0.5) is 34.1 Å². The normalized spacial score (nSPS) is 11.6. The van der Waals surface area contributed by atoms with Gasteiger partial charge in [-0.15, -0.1) is 0 Å². The average molecular weight is 941 g/mol. The molecule has 0 atom stereocenters. The van der Waals surface area contributed by atoms with E-state index in [9.17, 15) is 25.3 Å². The van der Waals surface area contributed by atoms with E-state index in [4.69, 9.17) is 24.0 Å². The van der Waals surface area contributed by atoms with Crippen LogP contribution in [0, 0.1) is 0 Å². The summed E-state index contributed by atoms with van der Waals surface area (Å²) in [5.74, 6) is 0.552. The van der Waals surface area contributed by atoms with Crippen LogP contribution in [-0.2, 0) is 30.2 Å². The Morgan fingerprint density at radius 2 is 0.800 bits per heavy atom. The molecule has 0 fully saturated rings. The maximum Gasteiger partial charge on any atom is 0.261 e. The number of hydrogen-bond donors (Lipinski definition) is 5. The fraction of sp³-hybridized carbons (Fsp3) is 0.174. The van der Waals surface area contributed by atoms with Crippen LogP contribution in [0.2, 0.25) is 0 Å². The standard InChI is InChI=1S/C45H42N6O6S2.CH4O3S.H2O/c1-56-42-28-30(22-24-40(42)48-44-32-14-4-8-18-36(32)46-37-19-9-5-15-33(37)44)50-58(52,53)26-12-3-13-27-59(54,55)51-31-23-25-41(43(29-31)57-2)49-45-34-16-6-10-20-38(34)47-39-21-11-7-17-35(39)45;1-5(2,3)4;/h4-11,14-25,28-29,50-51H,3,12-13,26-27H2,1-2H3,(H,46,48)(H,47,49);1H3,(H,2,3,4);1H2. The smallest absolute Gasteiger partial charge is 0.261 e. The molecule has 6 aromatic carbocycles. The molecule has 340 valence electrons. The van der Waals surface area contributed by atoms with Crippen LogP contribution in [0.25, 0.3) is 43.6 Å². The molecule has 0 unspecified atom stereocenters. The summed E-state index contributed by atoms with van der Waals surface area (Å²) in [5, 5.41) is 10.7. The molecule has 0 saturated carbocycles. The Morgan fingerprint density at radius 1 is 0.492 bits per heavy atom. The second kappa shape index (κ2) is 20.4. The van der Waals surface area contributed by atoms with Crippen molar-refractivity contribution in [1.82, 2.24) is 9.97 Å². The molecule has 8 aromatic rings. The molecular weight excluding hydrogens is 893 g/mol. The third-order valence-corrected chi connectivity index (χ3v) is 12.7. The lowest BCUT2D eigenvalue weighted by Gasteiger charge is -2.17. The van der Waals surface area contributed by atoms with Gasteiger partial charge in [0, 0.05) is 33.7 Å². The monoisotopic (exact) mass is 940 g/mol. The van der Waals surface area contributed by atoms with Gasteiger partial charge in [0.1, 0.15) is 11.5 Å². The third kappa shape index (κ3) is 12.3. The van der Waals surface area contributed by atoms with E-state index in [2.05, 4.69) is 20.1 Å². The van der Waals surface area contributed by atoms with Crippen LogP contribution in [-0.4, -0.2) is 77.2 Å². The van der Waals surface area contributed by atoms with E-state index in [0.717, 1.165) is 55.0 Å². The van der Waals surface area contributed by atoms with Crippen molar-refractivity contribution in [3.8, 4) is 11.5 Å². The Labute approximate surface area is 377 Å². The van der Waals surface area contributed by atoms with E-state index in [1.165, 1.54) is 14.2 Å². The van der Waals surface area contributed by atoms with Crippen molar-refractivity contribution in [2.75, 3.05) is 52.1 Å². The zero-order chi connectivity index (χ0) is 45.5. The first-order chi connectivity index (χ1) is 30.6. The third-order valence-electron chi connectivity index (χ3n) is 9.97. The molecule has 0 aliphatic rings. The highest BCUT2D eigenvalue weighted by Gasteiger charge is 2.18. The summed E-state index contributed by atoms with van der Waals surface area (Å²) in [7, 11) is -8.08. The van der Waals surface area contributed by atoms with Gasteiger partial charge in [0.15, 0.2) is 0 Å². The number of hydrogen-bond acceptors (Lipinski definition) is 12. The van der Waals surface area contributed by atoms with E-state index in [0.29, 0.717) is 46.9 Å². The molecule has 0 saturated heterocycles. The van der Waals surface area contributed by atoms with Gasteiger partial charge in [0.05, 0.1) is 88.2 Å². The number of anilines is 6. The molecule has 0 aliphatic heterocycles. The first-order valence-corrected chi connectivity index (χ1v) is 25.1. The Hall–Kier alpha value is -6.77. The van der Waals surface area contributed by atoms with E-state index in [1.54, 1.807) is 36.4 Å². The number of unbranched alkanes of at least 4 members (excludes halogenated alkanes) is 2. The number of nitrogens with zero attached hydrogens (tertiary/aromatic N) is 2. The van der Waals surface area contributed by atoms with Crippen molar-refractivity contribution in [3.05, 3.63) is 133 Å². The molecule has 0 amide bonds. The number of sulfonamides is 2. The molecule has 65 heavy (non-hydrogen) atoms. The second-order valence-corrected chi connectivity index (χ2v) is 19.9. The summed E-state index contributed by atoms with van der Waals surface area (Å²) in [6, 6.07) is 41.6. The summed E-state index contributed by atoms with van der Waals surface area (Å²) in [6.07, 6.45) is 1.65. The molecule has 0 bridgehead atoms. The van der Waals surface area contributed by atoms with Crippen molar-refractivity contribution >= 4 is 108 Å². The summed E-state index contributed by atoms with van der Waals surface area (Å²) < 4.78 is 94.8. The number of methoxy groups -OCH3 is 2. The van der Waals surface area contributed by atoms with E-state index < -0.39 is 30.2 Å². The number of ether oxygens (including phenoxy) is 2. The van der Waals surface area contributed by atoms with Crippen molar-refractivity contribution in [3.63, 3.8) is 0 Å². The number of pyridine rings is 2. The number of para-hydroxylation sites is 4. The van der Waals surface area contributed by atoms with Crippen molar-refractivity contribution < 1.29 is 44.8 Å². The number of fused-ring (bicyclic) bond motifs is 4. The minimum atomic E-state index is -3.74. The minimum Gasteiger partial charge on any atom is -0.494 e. The highest BCUT2D eigenvalue weighted by atomic mass is 32.2. The van der Waals surface area contributed by atoms with Gasteiger partial charge in [-0.3, -0.25) is 14.0 Å². The van der Waals surface area contributed by atoms with Gasteiger partial charge in [-0.1, -0.05) is 79.2 Å². The van der Waals surface area contributed by atoms with Gasteiger partial charge < -0.3 is 25.6 Å². The Balaban J connectivity index is 0.00000111. The quantitative estimate of drug-likeness (QED) is 0.0346. The zero-order valence-electron chi connectivity index (χ0n) is 35.6. The minimum absolute atomic E-state index is 0. The molecule has 0 aliphatic carbocycles. The first-order valence-electron chi connectivity index (χ1n) is 20.0. The van der Waals surface area contributed by atoms with Gasteiger partial charge in [0.2, 0.25) is 20.0 Å². The maximum atomic E-state index is 13.1. The fourth-order valence-electron chi connectivity index (χ4n) is 7.16. The Bertz CT molecular complexity index is 3020. The lowest BCUT2D eigenvalue weighted by atomic mass is 10.1. The van der Waals surface area contributed by atoms with Crippen LogP contribution in [0.1, 0.15) is 19.3 Å². The maximum absolute atomic E-state index is 13.1. The predicted octanol–water partition coefficient (Wildman–Crippen LogP) is 8.63. The molecular formula is C46H48N6O10S3. The van der Waals surface area contributed by atoms with Crippen molar-refractivity contribution in [2.24, 2.45) is 0 Å². The summed E-state index contributed by atoms with van der Waals surface area (Å²) in [4.78, 5) is 9.57. The van der Waals surface area contributed by atoms with Crippen LogP contribution < -0.4 is 29.6 Å². The van der Waals surface area contributed by atoms with Crippen LogP contribution in [0.3, 0.4) is 0 Å². The van der Waals surface area contributed by atoms with E-state index in [1.807, 2.05) is 97.1 Å². The number of nitrogens with one attached hydrogen (secondary N) is 4. The van der Waals surface area contributed by atoms with Crippen LogP contribution in [0.5, 0.6) is 11.5 Å². The SMILES string of the molecule is COc1cc(NS(=O)(=O)CCCCCS(=O)(=O)Nc2ccc(Nc3c4ccccc4nc4ccccc34)c(OC)c2)ccc1Nc1c2ccccc2nc2ccccc12.CS(=O)(=O)O.O. The lowest BCUT2D eigenvalue weighted by molar-refractivity contribution is 0.417. The van der Waals surface area contributed by atoms with Gasteiger partial charge in [0.25, 0.3) is 10.1 Å². The average Bonchev–Trinajstić information content (AvgIpc) is 3.26. The molecule has 8 rings (SSSR count). The first kappa shape index (κ1) is 47.7. The van der Waals surface area contributed by atoms with Gasteiger partial charge in [-0.05, 0) is 61.4 Å². The molecule has 0 radical (unpaired) electrons. The van der Waals surface area contributed by atoms with Gasteiger partial charge in [-0.2, -0.15) is 8.42 Å². The number of rotatable bonds is 16. The van der Waals surface area contributed by atoms with Crippen molar-refractivity contribution in [1.29, 1.82) is 0 Å². The van der Waals surface area contributed by atoms with E-state index >= 15 is 0 Å². The molecule has 16 nitrogen and oxygen atoms in total. The summed E-state index contributed by atoms with van der Waals surface area (Å²) in [6.45, 7) is 0. The van der Waals surface area contributed by atoms with Gasteiger partial charge >= 0.3 is 0 Å². The molecule has 0 spiro atoms. The topological polar surface area (TPSA) is 247 Å².